The van der Waals surface area contributed by atoms with Gasteiger partial charge in [0.2, 0.25) is 5.91 Å². The Morgan fingerprint density at radius 1 is 1.44 bits per heavy atom. The van der Waals surface area contributed by atoms with Gasteiger partial charge < -0.3 is 20.1 Å². The molecule has 5 heteroatoms. The second-order valence-corrected chi connectivity index (χ2v) is 5.26. The van der Waals surface area contributed by atoms with Gasteiger partial charge in [0, 0.05) is 27.3 Å². The maximum atomic E-state index is 12.4. The minimum atomic E-state index is -0.272. The Labute approximate surface area is 110 Å². The van der Waals surface area contributed by atoms with Crippen molar-refractivity contribution in [1.82, 2.24) is 10.6 Å². The maximum Gasteiger partial charge on any atom is 0.227 e. The summed E-state index contributed by atoms with van der Waals surface area (Å²) < 4.78 is 10.3. The molecule has 2 atom stereocenters. The Morgan fingerprint density at radius 2 is 2.17 bits per heavy atom. The van der Waals surface area contributed by atoms with E-state index < -0.39 is 0 Å². The fourth-order valence-corrected chi connectivity index (χ4v) is 2.44. The fraction of sp³-hybridized carbons (Fsp3) is 0.923. The standard InChI is InChI=1S/C13H26N2O3/c1-10(2)13(5-6-14-9-13)12(16)15-7-11(18-4)8-17-3/h10-11,14H,5-9H2,1-4H3,(H,15,16). The molecule has 1 aliphatic heterocycles. The van der Waals surface area contributed by atoms with Crippen molar-refractivity contribution < 1.29 is 14.3 Å². The molecule has 2 N–H and O–H groups in total. The molecule has 0 radical (unpaired) electrons. The maximum absolute atomic E-state index is 12.4. The van der Waals surface area contributed by atoms with Gasteiger partial charge in [-0.2, -0.15) is 0 Å². The molecule has 0 saturated carbocycles. The minimum absolute atomic E-state index is 0.0856. The molecule has 1 rings (SSSR count). The van der Waals surface area contributed by atoms with Crippen LogP contribution in [0.1, 0.15) is 20.3 Å². The topological polar surface area (TPSA) is 59.6 Å². The lowest BCUT2D eigenvalue weighted by Crippen LogP contribution is -2.48. The number of nitrogens with one attached hydrogen (secondary N) is 2. The van der Waals surface area contributed by atoms with Gasteiger partial charge in [-0.25, -0.2) is 0 Å². The molecule has 1 fully saturated rings. The summed E-state index contributed by atoms with van der Waals surface area (Å²) in [6, 6.07) is 0. The van der Waals surface area contributed by atoms with Gasteiger partial charge in [-0.05, 0) is 18.9 Å². The summed E-state index contributed by atoms with van der Waals surface area (Å²) in [5.41, 5.74) is -0.272. The van der Waals surface area contributed by atoms with Gasteiger partial charge in [-0.1, -0.05) is 13.8 Å². The molecule has 0 aromatic heterocycles. The van der Waals surface area contributed by atoms with E-state index in [1.807, 2.05) is 0 Å². The number of hydrogen-bond donors (Lipinski definition) is 2. The molecule has 0 aromatic rings. The van der Waals surface area contributed by atoms with Crippen molar-refractivity contribution in [2.75, 3.05) is 40.5 Å². The SMILES string of the molecule is COCC(CNC(=O)C1(C(C)C)CCNC1)OC. The highest BCUT2D eigenvalue weighted by Crippen LogP contribution is 2.34. The number of hydrogen-bond acceptors (Lipinski definition) is 4. The molecule has 1 amide bonds. The molecule has 2 unspecified atom stereocenters. The molecule has 1 saturated heterocycles. The number of methoxy groups -OCH3 is 2. The minimum Gasteiger partial charge on any atom is -0.382 e. The summed E-state index contributed by atoms with van der Waals surface area (Å²) in [5, 5.41) is 6.28. The van der Waals surface area contributed by atoms with Crippen molar-refractivity contribution >= 4 is 5.91 Å². The quantitative estimate of drug-likeness (QED) is 0.694. The van der Waals surface area contributed by atoms with Crippen LogP contribution in [0, 0.1) is 11.3 Å². The summed E-state index contributed by atoms with van der Waals surface area (Å²) in [7, 11) is 3.26. The van der Waals surface area contributed by atoms with Crippen molar-refractivity contribution in [2.24, 2.45) is 11.3 Å². The van der Waals surface area contributed by atoms with Crippen molar-refractivity contribution in [1.29, 1.82) is 0 Å². The highest BCUT2D eigenvalue weighted by atomic mass is 16.5. The summed E-state index contributed by atoms with van der Waals surface area (Å²) in [4.78, 5) is 12.4. The number of carbonyl (C=O) groups is 1. The second-order valence-electron chi connectivity index (χ2n) is 5.26. The highest BCUT2D eigenvalue weighted by molar-refractivity contribution is 5.83. The van der Waals surface area contributed by atoms with E-state index in [-0.39, 0.29) is 17.4 Å². The second kappa shape index (κ2) is 7.07. The Morgan fingerprint density at radius 3 is 2.61 bits per heavy atom. The molecule has 0 aliphatic carbocycles. The van der Waals surface area contributed by atoms with Gasteiger partial charge in [0.05, 0.1) is 18.1 Å². The van der Waals surface area contributed by atoms with Crippen LogP contribution in [0.25, 0.3) is 0 Å². The molecule has 0 spiro atoms. The first kappa shape index (κ1) is 15.4. The summed E-state index contributed by atoms with van der Waals surface area (Å²) >= 11 is 0. The first-order chi connectivity index (χ1) is 8.56. The molecular weight excluding hydrogens is 232 g/mol. The predicted molar refractivity (Wildman–Crippen MR) is 70.4 cm³/mol. The molecule has 106 valence electrons. The predicted octanol–water partition coefficient (Wildman–Crippen LogP) is 0.400. The molecule has 18 heavy (non-hydrogen) atoms. The average Bonchev–Trinajstić information content (AvgIpc) is 2.84. The number of carbonyl (C=O) groups excluding carboxylic acids is 1. The van der Waals surface area contributed by atoms with E-state index in [9.17, 15) is 4.79 Å². The van der Waals surface area contributed by atoms with Crippen molar-refractivity contribution in [3.05, 3.63) is 0 Å². The lowest BCUT2D eigenvalue weighted by molar-refractivity contribution is -0.133. The van der Waals surface area contributed by atoms with Crippen LogP contribution in [-0.2, 0) is 14.3 Å². The molecular formula is C13H26N2O3. The van der Waals surface area contributed by atoms with E-state index in [1.54, 1.807) is 14.2 Å². The Bertz CT molecular complexity index is 263. The van der Waals surface area contributed by atoms with Gasteiger partial charge in [-0.3, -0.25) is 4.79 Å². The normalized spacial score (nSPS) is 25.4. The lowest BCUT2D eigenvalue weighted by atomic mass is 9.75. The lowest BCUT2D eigenvalue weighted by Gasteiger charge is -2.31. The molecule has 0 aromatic carbocycles. The molecule has 0 bridgehead atoms. The van der Waals surface area contributed by atoms with Crippen LogP contribution in [-0.4, -0.2) is 52.5 Å². The van der Waals surface area contributed by atoms with Gasteiger partial charge in [0.15, 0.2) is 0 Å². The van der Waals surface area contributed by atoms with Crippen LogP contribution in [0.4, 0.5) is 0 Å². The number of ether oxygens (including phenoxy) is 2. The summed E-state index contributed by atoms with van der Waals surface area (Å²) in [5.74, 6) is 0.455. The van der Waals surface area contributed by atoms with Crippen molar-refractivity contribution in [2.45, 2.75) is 26.4 Å². The Hall–Kier alpha value is -0.650. The van der Waals surface area contributed by atoms with Gasteiger partial charge in [0.1, 0.15) is 0 Å². The van der Waals surface area contributed by atoms with E-state index in [0.29, 0.717) is 19.1 Å². The molecule has 5 nitrogen and oxygen atoms in total. The monoisotopic (exact) mass is 258 g/mol. The smallest absolute Gasteiger partial charge is 0.227 e. The highest BCUT2D eigenvalue weighted by Gasteiger charge is 2.43. The zero-order valence-electron chi connectivity index (χ0n) is 11.9. The largest absolute Gasteiger partial charge is 0.382 e. The first-order valence-corrected chi connectivity index (χ1v) is 6.57. The van der Waals surface area contributed by atoms with E-state index in [0.717, 1.165) is 19.5 Å². The summed E-state index contributed by atoms with van der Waals surface area (Å²) in [6.07, 6.45) is 0.816. The van der Waals surface area contributed by atoms with E-state index >= 15 is 0 Å². The van der Waals surface area contributed by atoms with Gasteiger partial charge in [0.25, 0.3) is 0 Å². The zero-order chi connectivity index (χ0) is 13.6. The first-order valence-electron chi connectivity index (χ1n) is 6.57. The third kappa shape index (κ3) is 3.43. The van der Waals surface area contributed by atoms with Crippen LogP contribution in [0.2, 0.25) is 0 Å². The van der Waals surface area contributed by atoms with Crippen LogP contribution >= 0.6 is 0 Å². The van der Waals surface area contributed by atoms with Crippen LogP contribution < -0.4 is 10.6 Å². The Balaban J connectivity index is 2.52. The fourth-order valence-electron chi connectivity index (χ4n) is 2.44. The van der Waals surface area contributed by atoms with Crippen LogP contribution in [0.3, 0.4) is 0 Å². The average molecular weight is 258 g/mol. The Kier molecular flexibility index (Phi) is 6.05. The molecule has 1 aliphatic rings. The summed E-state index contributed by atoms with van der Waals surface area (Å²) in [6.45, 7) is 6.88. The van der Waals surface area contributed by atoms with Gasteiger partial charge in [-0.15, -0.1) is 0 Å². The zero-order valence-corrected chi connectivity index (χ0v) is 11.9. The van der Waals surface area contributed by atoms with Crippen LogP contribution in [0.5, 0.6) is 0 Å². The van der Waals surface area contributed by atoms with Crippen molar-refractivity contribution in [3.8, 4) is 0 Å². The van der Waals surface area contributed by atoms with Gasteiger partial charge >= 0.3 is 0 Å². The third-order valence-corrected chi connectivity index (χ3v) is 3.92. The van der Waals surface area contributed by atoms with Crippen LogP contribution in [0.15, 0.2) is 0 Å². The third-order valence-electron chi connectivity index (χ3n) is 3.92. The molecule has 1 heterocycles. The van der Waals surface area contributed by atoms with Crippen molar-refractivity contribution in [3.63, 3.8) is 0 Å². The number of rotatable bonds is 7. The van der Waals surface area contributed by atoms with E-state index in [2.05, 4.69) is 24.5 Å². The van der Waals surface area contributed by atoms with E-state index in [1.165, 1.54) is 0 Å². The van der Waals surface area contributed by atoms with E-state index in [4.69, 9.17) is 9.47 Å². The number of amides is 1.